The minimum atomic E-state index is 0.968. The summed E-state index contributed by atoms with van der Waals surface area (Å²) in [6.45, 7) is 0. The Hall–Kier alpha value is 0.950. The lowest BCUT2D eigenvalue weighted by atomic mass is 10.8. The normalized spacial score (nSPS) is 10.0. The van der Waals surface area contributed by atoms with Crippen LogP contribution in [-0.4, -0.2) is 5.33 Å². The average Bonchev–Trinajstić information content (AvgIpc) is 1.41. The van der Waals surface area contributed by atoms with Gasteiger partial charge in [0, 0.05) is 5.33 Å². The molecule has 0 rings (SSSR count). The topological polar surface area (TPSA) is 0 Å². The zero-order chi connectivity index (χ0) is 4.12. The van der Waals surface area contributed by atoms with Crippen molar-refractivity contribution in [3.05, 3.63) is 10.2 Å². The van der Waals surface area contributed by atoms with Crippen molar-refractivity contribution in [1.29, 1.82) is 0 Å². The van der Waals surface area contributed by atoms with Gasteiger partial charge in [-0.2, -0.15) is 0 Å². The minimum absolute atomic E-state index is 0.968. The lowest BCUT2D eigenvalue weighted by Crippen LogP contribution is -1.47. The molecule has 0 aliphatic heterocycles. The van der Waals surface area contributed by atoms with Gasteiger partial charge in [0.1, 0.15) is 0 Å². The predicted octanol–water partition coefficient (Wildman–Crippen LogP) is 2.33. The van der Waals surface area contributed by atoms with Crippen LogP contribution in [0.15, 0.2) is 10.2 Å². The van der Waals surface area contributed by atoms with Crippen LogP contribution in [0.5, 0.6) is 0 Å². The van der Waals surface area contributed by atoms with Crippen LogP contribution in [0.25, 0.3) is 0 Å². The second-order valence-electron chi connectivity index (χ2n) is 0.516. The molecule has 0 unspecified atom stereocenters. The Labute approximate surface area is 53.9 Å². The van der Waals surface area contributed by atoms with Gasteiger partial charge in [0.15, 0.2) is 0 Å². The van der Waals surface area contributed by atoms with Gasteiger partial charge in [-0.15, -0.1) is 0 Å². The number of hydrogen-bond acceptors (Lipinski definition) is 0. The van der Waals surface area contributed by atoms with Crippen LogP contribution in [-0.2, 0) is 0 Å². The van der Waals surface area contributed by atoms with Crippen LogP contribution in [0.4, 0.5) is 0 Å². The molecule has 0 aliphatic carbocycles. The standard InChI is InChI=1S/C3H4BrI/c4-2-1-3-5/h1,3H,2H2. The minimum Gasteiger partial charge on any atom is -0.0883 e. The fourth-order valence-corrected chi connectivity index (χ4v) is 1.17. The molecule has 0 nitrogen and oxygen atoms in total. The van der Waals surface area contributed by atoms with Crippen molar-refractivity contribution in [2.24, 2.45) is 0 Å². The van der Waals surface area contributed by atoms with Gasteiger partial charge in [-0.3, -0.25) is 0 Å². The molecular formula is C3H4BrI. The van der Waals surface area contributed by atoms with Gasteiger partial charge in [-0.1, -0.05) is 44.6 Å². The van der Waals surface area contributed by atoms with Crippen molar-refractivity contribution in [2.75, 3.05) is 5.33 Å². The van der Waals surface area contributed by atoms with Gasteiger partial charge in [0.05, 0.1) is 0 Å². The van der Waals surface area contributed by atoms with E-state index in [0.717, 1.165) is 5.33 Å². The van der Waals surface area contributed by atoms with E-state index in [0.29, 0.717) is 0 Å². The first-order valence-electron chi connectivity index (χ1n) is 1.23. The fourth-order valence-electron chi connectivity index (χ4n) is 0.0337. The molecule has 0 spiro atoms. The van der Waals surface area contributed by atoms with Gasteiger partial charge in [-0.25, -0.2) is 0 Å². The molecule has 5 heavy (non-hydrogen) atoms. The van der Waals surface area contributed by atoms with E-state index < -0.39 is 0 Å². The summed E-state index contributed by atoms with van der Waals surface area (Å²) in [5.74, 6) is 0. The Kier molecular flexibility index (Phi) is 5.89. The lowest BCUT2D eigenvalue weighted by molar-refractivity contribution is 1.86. The first-order valence-corrected chi connectivity index (χ1v) is 3.59. The highest BCUT2D eigenvalue weighted by molar-refractivity contribution is 14.1. The van der Waals surface area contributed by atoms with E-state index in [1.54, 1.807) is 0 Å². The maximum atomic E-state index is 3.22. The Balaban J connectivity index is 2.62. The molecule has 30 valence electrons. The smallest absolute Gasteiger partial charge is 0.0219 e. The van der Waals surface area contributed by atoms with Crippen molar-refractivity contribution in [3.8, 4) is 0 Å². The highest BCUT2D eigenvalue weighted by Gasteiger charge is 1.55. The van der Waals surface area contributed by atoms with Crippen LogP contribution >= 0.6 is 38.5 Å². The molecule has 0 aromatic heterocycles. The molecule has 0 amide bonds. The van der Waals surface area contributed by atoms with Gasteiger partial charge in [0.2, 0.25) is 0 Å². The van der Waals surface area contributed by atoms with Crippen molar-refractivity contribution in [2.45, 2.75) is 0 Å². The molecule has 0 atom stereocenters. The van der Waals surface area contributed by atoms with E-state index in [2.05, 4.69) is 38.5 Å². The molecule has 0 aromatic carbocycles. The summed E-state index contributed by atoms with van der Waals surface area (Å²) in [6, 6.07) is 0. The number of hydrogen-bond donors (Lipinski definition) is 0. The summed E-state index contributed by atoms with van der Waals surface area (Å²) >= 11 is 5.39. The quantitative estimate of drug-likeness (QED) is 0.492. The van der Waals surface area contributed by atoms with Gasteiger partial charge in [0.25, 0.3) is 0 Å². The Bertz CT molecular complexity index is 33.9. The maximum Gasteiger partial charge on any atom is 0.0219 e. The summed E-state index contributed by atoms with van der Waals surface area (Å²) in [5, 5.41) is 0.968. The molecule has 0 aliphatic rings. The molecule has 0 fully saturated rings. The Morgan fingerprint density at radius 2 is 2.40 bits per heavy atom. The van der Waals surface area contributed by atoms with Crippen molar-refractivity contribution >= 4 is 38.5 Å². The van der Waals surface area contributed by atoms with Gasteiger partial charge >= 0.3 is 0 Å². The van der Waals surface area contributed by atoms with Crippen molar-refractivity contribution < 1.29 is 0 Å². The van der Waals surface area contributed by atoms with Crippen LogP contribution in [0.1, 0.15) is 0 Å². The SMILES string of the molecule is BrCC=CI. The third kappa shape index (κ3) is 4.95. The summed E-state index contributed by atoms with van der Waals surface area (Å²) in [6.07, 6.45) is 2.03. The van der Waals surface area contributed by atoms with Gasteiger partial charge in [-0.05, 0) is 4.08 Å². The number of halogens is 2. The van der Waals surface area contributed by atoms with Crippen LogP contribution < -0.4 is 0 Å². The van der Waals surface area contributed by atoms with E-state index in [4.69, 9.17) is 0 Å². The van der Waals surface area contributed by atoms with Crippen LogP contribution in [0.3, 0.4) is 0 Å². The molecule has 0 heterocycles. The highest BCUT2D eigenvalue weighted by Crippen LogP contribution is 1.85. The van der Waals surface area contributed by atoms with Crippen LogP contribution in [0.2, 0.25) is 0 Å². The molecule has 0 bridgehead atoms. The lowest BCUT2D eigenvalue weighted by Gasteiger charge is -1.61. The summed E-state index contributed by atoms with van der Waals surface area (Å²) in [5.41, 5.74) is 0. The summed E-state index contributed by atoms with van der Waals surface area (Å²) < 4.78 is 1.98. The highest BCUT2D eigenvalue weighted by atomic mass is 127. The molecule has 0 saturated heterocycles. The predicted molar refractivity (Wildman–Crippen MR) is 37.0 cm³/mol. The summed E-state index contributed by atoms with van der Waals surface area (Å²) in [4.78, 5) is 0. The fraction of sp³-hybridized carbons (Fsp3) is 0.333. The zero-order valence-corrected chi connectivity index (χ0v) is 6.36. The number of allylic oxidation sites excluding steroid dienone is 1. The van der Waals surface area contributed by atoms with Gasteiger partial charge < -0.3 is 0 Å². The number of rotatable bonds is 1. The molecule has 0 saturated carbocycles. The van der Waals surface area contributed by atoms with Crippen LogP contribution in [0, 0.1) is 0 Å². The Morgan fingerprint density at radius 3 is 2.40 bits per heavy atom. The molecule has 0 aromatic rings. The molecule has 0 radical (unpaired) electrons. The van der Waals surface area contributed by atoms with Crippen molar-refractivity contribution in [1.82, 2.24) is 0 Å². The molecule has 2 heteroatoms. The zero-order valence-electron chi connectivity index (χ0n) is 2.62. The Morgan fingerprint density at radius 1 is 1.80 bits per heavy atom. The largest absolute Gasteiger partial charge is 0.0883 e. The van der Waals surface area contributed by atoms with Crippen molar-refractivity contribution in [3.63, 3.8) is 0 Å². The second kappa shape index (κ2) is 4.95. The molecular weight excluding hydrogens is 243 g/mol. The second-order valence-corrected chi connectivity index (χ2v) is 1.88. The summed E-state index contributed by atoms with van der Waals surface area (Å²) in [7, 11) is 0. The van der Waals surface area contributed by atoms with E-state index >= 15 is 0 Å². The monoisotopic (exact) mass is 246 g/mol. The third-order valence-corrected chi connectivity index (χ3v) is 1.06. The third-order valence-electron chi connectivity index (χ3n) is 0.178. The van der Waals surface area contributed by atoms with E-state index in [-0.39, 0.29) is 0 Å². The van der Waals surface area contributed by atoms with E-state index in [9.17, 15) is 0 Å². The van der Waals surface area contributed by atoms with E-state index in [1.165, 1.54) is 0 Å². The number of alkyl halides is 1. The first-order chi connectivity index (χ1) is 2.41. The first kappa shape index (κ1) is 5.95. The average molecular weight is 247 g/mol. The maximum absolute atomic E-state index is 3.22. The van der Waals surface area contributed by atoms with E-state index in [1.807, 2.05) is 10.2 Å². The molecule has 0 N–H and O–H groups in total.